The highest BCUT2D eigenvalue weighted by atomic mass is 32.1. The quantitative estimate of drug-likeness (QED) is 0.666. The molecule has 0 unspecified atom stereocenters. The summed E-state index contributed by atoms with van der Waals surface area (Å²) in [5.74, 6) is -0.804. The molecule has 2 heterocycles. The van der Waals surface area contributed by atoms with Gasteiger partial charge in [0, 0.05) is 18.3 Å². The Kier molecular flexibility index (Phi) is 5.63. The number of hydrogen-bond donors (Lipinski definition) is 1. The third-order valence-corrected chi connectivity index (χ3v) is 4.73. The number of hydrogen-bond acceptors (Lipinski definition) is 4. The van der Waals surface area contributed by atoms with E-state index in [4.69, 9.17) is 10.2 Å². The number of carboxylic acids is 1. The van der Waals surface area contributed by atoms with Crippen LogP contribution in [0.15, 0.2) is 54.0 Å². The number of thiophene rings is 1. The first-order chi connectivity index (χ1) is 12.2. The number of aromatic nitrogens is 2. The van der Waals surface area contributed by atoms with Crippen molar-refractivity contribution in [2.24, 2.45) is 0 Å². The topological polar surface area (TPSA) is 58.4 Å². The van der Waals surface area contributed by atoms with Gasteiger partial charge in [0.2, 0.25) is 0 Å². The minimum absolute atomic E-state index is 0.0359. The molecule has 0 atom stereocenters. The van der Waals surface area contributed by atoms with Crippen LogP contribution in [0, 0.1) is 0 Å². The van der Waals surface area contributed by atoms with Crippen molar-refractivity contribution in [3.63, 3.8) is 0 Å². The Morgan fingerprint density at radius 2 is 2.04 bits per heavy atom. The van der Waals surface area contributed by atoms with Gasteiger partial charge in [-0.25, -0.2) is 4.68 Å². The zero-order chi connectivity index (χ0) is 17.6. The molecule has 0 bridgehead atoms. The zero-order valence-corrected chi connectivity index (χ0v) is 14.9. The summed E-state index contributed by atoms with van der Waals surface area (Å²) >= 11 is 1.64. The molecule has 1 N–H and O–H groups in total. The molecule has 1 aromatic carbocycles. The number of carbonyl (C=O) groups is 1. The summed E-state index contributed by atoms with van der Waals surface area (Å²) < 4.78 is 1.87. The summed E-state index contributed by atoms with van der Waals surface area (Å²) in [6.07, 6.45) is 2.92. The molecule has 0 spiro atoms. The third-order valence-electron chi connectivity index (χ3n) is 3.86. The first-order valence-electron chi connectivity index (χ1n) is 8.29. The van der Waals surface area contributed by atoms with Crippen LogP contribution < -0.4 is 0 Å². The molecule has 2 aromatic heterocycles. The Labute approximate surface area is 151 Å². The molecule has 0 aliphatic heterocycles. The molecule has 130 valence electrons. The van der Waals surface area contributed by atoms with E-state index in [0.717, 1.165) is 34.8 Å². The Bertz CT molecular complexity index is 813. The molecule has 6 heteroatoms. The summed E-state index contributed by atoms with van der Waals surface area (Å²) in [6, 6.07) is 14.0. The van der Waals surface area contributed by atoms with E-state index >= 15 is 0 Å². The van der Waals surface area contributed by atoms with Crippen molar-refractivity contribution in [1.29, 1.82) is 0 Å². The second-order valence-corrected chi connectivity index (χ2v) is 6.81. The van der Waals surface area contributed by atoms with Gasteiger partial charge in [-0.3, -0.25) is 9.69 Å². The average Bonchev–Trinajstić information content (AvgIpc) is 3.24. The molecule has 0 saturated carbocycles. The Balaban J connectivity index is 1.96. The number of rotatable bonds is 8. The van der Waals surface area contributed by atoms with Crippen LogP contribution in [0.1, 0.15) is 18.9 Å². The van der Waals surface area contributed by atoms with Gasteiger partial charge in [-0.15, -0.1) is 11.3 Å². The second-order valence-electron chi connectivity index (χ2n) is 5.86. The Morgan fingerprint density at radius 3 is 2.68 bits per heavy atom. The lowest BCUT2D eigenvalue weighted by molar-refractivity contribution is -0.138. The van der Waals surface area contributed by atoms with E-state index < -0.39 is 5.97 Å². The van der Waals surface area contributed by atoms with Crippen molar-refractivity contribution in [3.05, 3.63) is 59.6 Å². The van der Waals surface area contributed by atoms with Crippen molar-refractivity contribution >= 4 is 17.3 Å². The lowest BCUT2D eigenvalue weighted by Crippen LogP contribution is -2.30. The summed E-state index contributed by atoms with van der Waals surface area (Å²) in [7, 11) is 0. The molecule has 0 saturated heterocycles. The maximum atomic E-state index is 11.2. The summed E-state index contributed by atoms with van der Waals surface area (Å²) in [6.45, 7) is 3.41. The normalized spacial score (nSPS) is 11.1. The number of para-hydroxylation sites is 1. The fraction of sp³-hybridized carbons (Fsp3) is 0.263. The van der Waals surface area contributed by atoms with Crippen LogP contribution in [0.3, 0.4) is 0 Å². The van der Waals surface area contributed by atoms with Crippen LogP contribution in [0.5, 0.6) is 0 Å². The van der Waals surface area contributed by atoms with Gasteiger partial charge in [-0.05, 0) is 36.5 Å². The lowest BCUT2D eigenvalue weighted by Gasteiger charge is -2.19. The predicted molar refractivity (Wildman–Crippen MR) is 100 cm³/mol. The van der Waals surface area contributed by atoms with E-state index in [-0.39, 0.29) is 6.54 Å². The van der Waals surface area contributed by atoms with Crippen molar-refractivity contribution in [3.8, 4) is 16.3 Å². The molecule has 5 nitrogen and oxygen atoms in total. The van der Waals surface area contributed by atoms with Crippen LogP contribution in [-0.2, 0) is 11.3 Å². The number of benzene rings is 1. The zero-order valence-electron chi connectivity index (χ0n) is 14.1. The molecule has 0 aliphatic carbocycles. The summed E-state index contributed by atoms with van der Waals surface area (Å²) in [5, 5.41) is 16.0. The highest BCUT2D eigenvalue weighted by Gasteiger charge is 2.17. The standard InChI is InChI=1S/C19H21N3O2S/c1-2-10-21(14-18(23)24)12-15-13-22(16-7-4-3-5-8-16)20-19(15)17-9-6-11-25-17/h3-9,11,13H,2,10,12,14H2,1H3,(H,23,24). The van der Waals surface area contributed by atoms with Crippen LogP contribution in [0.25, 0.3) is 16.3 Å². The van der Waals surface area contributed by atoms with E-state index in [9.17, 15) is 4.79 Å². The predicted octanol–water partition coefficient (Wildman–Crippen LogP) is 3.90. The van der Waals surface area contributed by atoms with Crippen molar-refractivity contribution in [1.82, 2.24) is 14.7 Å². The molecular weight excluding hydrogens is 334 g/mol. The molecule has 0 amide bonds. The first kappa shape index (κ1) is 17.4. The molecule has 3 rings (SSSR count). The SMILES string of the molecule is CCCN(CC(=O)O)Cc1cn(-c2ccccc2)nc1-c1cccs1. The summed E-state index contributed by atoms with van der Waals surface area (Å²) in [4.78, 5) is 14.2. The van der Waals surface area contributed by atoms with Gasteiger partial charge in [0.15, 0.2) is 0 Å². The smallest absolute Gasteiger partial charge is 0.317 e. The third kappa shape index (κ3) is 4.35. The van der Waals surface area contributed by atoms with E-state index in [0.29, 0.717) is 6.54 Å². The monoisotopic (exact) mass is 355 g/mol. The highest BCUT2D eigenvalue weighted by molar-refractivity contribution is 7.13. The van der Waals surface area contributed by atoms with Crippen LogP contribution in [0.4, 0.5) is 0 Å². The van der Waals surface area contributed by atoms with Crippen molar-refractivity contribution in [2.45, 2.75) is 19.9 Å². The minimum atomic E-state index is -0.804. The molecule has 3 aromatic rings. The molecule has 0 fully saturated rings. The molecule has 0 aliphatic rings. The maximum absolute atomic E-state index is 11.2. The molecule has 0 radical (unpaired) electrons. The molecule has 25 heavy (non-hydrogen) atoms. The maximum Gasteiger partial charge on any atom is 0.317 e. The van der Waals surface area contributed by atoms with Crippen LogP contribution in [0.2, 0.25) is 0 Å². The number of aliphatic carboxylic acids is 1. The fourth-order valence-electron chi connectivity index (χ4n) is 2.82. The average molecular weight is 355 g/mol. The first-order valence-corrected chi connectivity index (χ1v) is 9.17. The van der Waals surface area contributed by atoms with Crippen LogP contribution in [-0.4, -0.2) is 38.8 Å². The summed E-state index contributed by atoms with van der Waals surface area (Å²) in [5.41, 5.74) is 2.96. The highest BCUT2D eigenvalue weighted by Crippen LogP contribution is 2.28. The van der Waals surface area contributed by atoms with Crippen molar-refractivity contribution < 1.29 is 9.90 Å². The van der Waals surface area contributed by atoms with Gasteiger partial charge in [0.05, 0.1) is 17.1 Å². The number of nitrogens with zero attached hydrogens (tertiary/aromatic N) is 3. The Morgan fingerprint density at radius 1 is 1.24 bits per heavy atom. The van der Waals surface area contributed by atoms with E-state index in [2.05, 4.69) is 6.92 Å². The van der Waals surface area contributed by atoms with Gasteiger partial charge in [-0.1, -0.05) is 31.2 Å². The second kappa shape index (κ2) is 8.09. The minimum Gasteiger partial charge on any atom is -0.480 e. The molecular formula is C19H21N3O2S. The Hall–Kier alpha value is -2.44. The number of carboxylic acid groups (broad SMARTS) is 1. The van der Waals surface area contributed by atoms with Gasteiger partial charge in [0.25, 0.3) is 0 Å². The van der Waals surface area contributed by atoms with E-state index in [1.807, 2.05) is 63.6 Å². The lowest BCUT2D eigenvalue weighted by atomic mass is 10.2. The van der Waals surface area contributed by atoms with Gasteiger partial charge >= 0.3 is 5.97 Å². The van der Waals surface area contributed by atoms with E-state index in [1.165, 1.54) is 0 Å². The van der Waals surface area contributed by atoms with Crippen molar-refractivity contribution in [2.75, 3.05) is 13.1 Å². The largest absolute Gasteiger partial charge is 0.480 e. The van der Waals surface area contributed by atoms with Gasteiger partial charge in [0.1, 0.15) is 5.69 Å². The van der Waals surface area contributed by atoms with Crippen LogP contribution >= 0.6 is 11.3 Å². The fourth-order valence-corrected chi connectivity index (χ4v) is 3.57. The van der Waals surface area contributed by atoms with E-state index in [1.54, 1.807) is 11.3 Å². The van der Waals surface area contributed by atoms with Gasteiger partial charge in [-0.2, -0.15) is 5.10 Å². The van der Waals surface area contributed by atoms with Gasteiger partial charge < -0.3 is 5.11 Å².